The zero-order valence-electron chi connectivity index (χ0n) is 17.6. The van der Waals surface area contributed by atoms with Crippen LogP contribution >= 0.6 is 11.6 Å². The highest BCUT2D eigenvalue weighted by Gasteiger charge is 2.31. The van der Waals surface area contributed by atoms with Crippen molar-refractivity contribution < 1.29 is 9.53 Å². The maximum atomic E-state index is 12.4. The van der Waals surface area contributed by atoms with Crippen LogP contribution in [0.15, 0.2) is 36.5 Å². The van der Waals surface area contributed by atoms with Gasteiger partial charge in [0.05, 0.1) is 5.69 Å². The number of aromatic nitrogens is 2. The first-order chi connectivity index (χ1) is 13.7. The van der Waals surface area contributed by atoms with E-state index in [9.17, 15) is 4.79 Å². The van der Waals surface area contributed by atoms with Crippen LogP contribution in [0.4, 0.5) is 4.79 Å². The molecule has 6 nitrogen and oxygen atoms in total. The van der Waals surface area contributed by atoms with E-state index >= 15 is 0 Å². The average Bonchev–Trinajstić information content (AvgIpc) is 2.67. The monoisotopic (exact) mass is 416 g/mol. The van der Waals surface area contributed by atoms with Gasteiger partial charge in [-0.2, -0.15) is 0 Å². The van der Waals surface area contributed by atoms with Crippen molar-refractivity contribution in [1.29, 1.82) is 0 Å². The predicted octanol–water partition coefficient (Wildman–Crippen LogP) is 4.63. The quantitative estimate of drug-likeness (QED) is 0.680. The van der Waals surface area contributed by atoms with Crippen molar-refractivity contribution in [1.82, 2.24) is 19.8 Å². The Morgan fingerprint density at radius 3 is 2.76 bits per heavy atom. The molecule has 1 amide bonds. The van der Waals surface area contributed by atoms with Crippen LogP contribution < -0.4 is 0 Å². The second-order valence-corrected chi connectivity index (χ2v) is 8.71. The normalized spacial score (nSPS) is 18.0. The van der Waals surface area contributed by atoms with Crippen LogP contribution in [0, 0.1) is 0 Å². The van der Waals surface area contributed by atoms with Crippen LogP contribution in [-0.4, -0.2) is 57.1 Å². The molecule has 1 aromatic carbocycles. The highest BCUT2D eigenvalue weighted by molar-refractivity contribution is 6.28. The van der Waals surface area contributed by atoms with E-state index in [0.29, 0.717) is 19.1 Å². The Hall–Kier alpha value is -2.18. The lowest BCUT2D eigenvalue weighted by atomic mass is 10.0. The molecule has 1 aromatic heterocycles. The van der Waals surface area contributed by atoms with Crippen LogP contribution in [0.25, 0.3) is 11.3 Å². The van der Waals surface area contributed by atoms with E-state index in [0.717, 1.165) is 30.8 Å². The molecule has 0 N–H and O–H groups in total. The number of nitrogens with zero attached hydrogens (tertiary/aromatic N) is 4. The second kappa shape index (κ2) is 9.09. The molecule has 1 saturated heterocycles. The number of ether oxygens (including phenoxy) is 1. The number of halogens is 1. The Balaban J connectivity index is 1.68. The molecule has 0 radical (unpaired) electrons. The van der Waals surface area contributed by atoms with Gasteiger partial charge in [0, 0.05) is 44.0 Å². The molecule has 1 aliphatic rings. The van der Waals surface area contributed by atoms with Crippen LogP contribution in [0.1, 0.15) is 39.7 Å². The summed E-state index contributed by atoms with van der Waals surface area (Å²) in [4.78, 5) is 25.0. The molecule has 2 aromatic rings. The minimum Gasteiger partial charge on any atom is -0.444 e. The van der Waals surface area contributed by atoms with Crippen molar-refractivity contribution in [3.8, 4) is 11.3 Å². The van der Waals surface area contributed by atoms with Crippen molar-refractivity contribution in [2.45, 2.75) is 52.3 Å². The molecular weight excluding hydrogens is 388 g/mol. The number of piperazine rings is 1. The van der Waals surface area contributed by atoms with E-state index < -0.39 is 5.60 Å². The highest BCUT2D eigenvalue weighted by Crippen LogP contribution is 2.23. The lowest BCUT2D eigenvalue weighted by molar-refractivity contribution is 0.00193. The second-order valence-electron chi connectivity index (χ2n) is 8.37. The molecule has 0 spiro atoms. The zero-order valence-corrected chi connectivity index (χ0v) is 18.3. The smallest absolute Gasteiger partial charge is 0.410 e. The molecule has 29 heavy (non-hydrogen) atoms. The minimum atomic E-state index is -0.472. The van der Waals surface area contributed by atoms with Crippen molar-refractivity contribution in [2.75, 3.05) is 19.6 Å². The van der Waals surface area contributed by atoms with Crippen molar-refractivity contribution in [3.05, 3.63) is 47.4 Å². The fourth-order valence-corrected chi connectivity index (χ4v) is 3.69. The van der Waals surface area contributed by atoms with Gasteiger partial charge in [0.2, 0.25) is 5.28 Å². The van der Waals surface area contributed by atoms with Crippen LogP contribution in [0.2, 0.25) is 5.28 Å². The summed E-state index contributed by atoms with van der Waals surface area (Å²) < 4.78 is 5.54. The molecule has 2 heterocycles. The summed E-state index contributed by atoms with van der Waals surface area (Å²) >= 11 is 5.93. The summed E-state index contributed by atoms with van der Waals surface area (Å²) in [6.07, 6.45) is 2.42. The van der Waals surface area contributed by atoms with E-state index in [-0.39, 0.29) is 11.4 Å². The highest BCUT2D eigenvalue weighted by atomic mass is 35.5. The number of benzene rings is 1. The number of hydrogen-bond acceptors (Lipinski definition) is 5. The summed E-state index contributed by atoms with van der Waals surface area (Å²) in [5.41, 5.74) is 2.57. The fraction of sp³-hybridized carbons (Fsp3) is 0.500. The summed E-state index contributed by atoms with van der Waals surface area (Å²) in [6.45, 7) is 10.9. The van der Waals surface area contributed by atoms with E-state index in [1.165, 1.54) is 5.56 Å². The van der Waals surface area contributed by atoms with Gasteiger partial charge in [-0.1, -0.05) is 25.1 Å². The minimum absolute atomic E-state index is 0.224. The first-order valence-corrected chi connectivity index (χ1v) is 10.4. The number of rotatable bonds is 4. The molecule has 3 rings (SSSR count). The molecule has 0 bridgehead atoms. The van der Waals surface area contributed by atoms with Gasteiger partial charge in [-0.05, 0) is 56.5 Å². The van der Waals surface area contributed by atoms with Gasteiger partial charge < -0.3 is 9.64 Å². The largest absolute Gasteiger partial charge is 0.444 e. The van der Waals surface area contributed by atoms with Gasteiger partial charge >= 0.3 is 6.09 Å². The average molecular weight is 417 g/mol. The first kappa shape index (κ1) is 21.5. The van der Waals surface area contributed by atoms with Gasteiger partial charge in [0.15, 0.2) is 0 Å². The molecule has 0 aliphatic carbocycles. The molecular formula is C22H29ClN4O2. The third-order valence-corrected chi connectivity index (χ3v) is 5.14. The van der Waals surface area contributed by atoms with Crippen molar-refractivity contribution >= 4 is 17.7 Å². The van der Waals surface area contributed by atoms with E-state index in [4.69, 9.17) is 16.3 Å². The number of carbonyl (C=O) groups excluding carboxylic acids is 1. The number of amides is 1. The van der Waals surface area contributed by atoms with Crippen LogP contribution in [-0.2, 0) is 11.3 Å². The third-order valence-electron chi connectivity index (χ3n) is 4.96. The van der Waals surface area contributed by atoms with Gasteiger partial charge in [-0.25, -0.2) is 14.8 Å². The Bertz CT molecular complexity index is 853. The van der Waals surface area contributed by atoms with E-state index in [2.05, 4.69) is 33.9 Å². The summed E-state index contributed by atoms with van der Waals surface area (Å²) in [5, 5.41) is 0.247. The van der Waals surface area contributed by atoms with Crippen molar-refractivity contribution in [2.24, 2.45) is 0 Å². The lowest BCUT2D eigenvalue weighted by Crippen LogP contribution is -2.54. The maximum absolute atomic E-state index is 12.4. The molecule has 1 aliphatic heterocycles. The predicted molar refractivity (Wildman–Crippen MR) is 115 cm³/mol. The van der Waals surface area contributed by atoms with Crippen molar-refractivity contribution in [3.63, 3.8) is 0 Å². The molecule has 7 heteroatoms. The third kappa shape index (κ3) is 5.90. The van der Waals surface area contributed by atoms with Crippen LogP contribution in [0.5, 0.6) is 0 Å². The summed E-state index contributed by atoms with van der Waals surface area (Å²) in [5.74, 6) is 0. The van der Waals surface area contributed by atoms with E-state index in [1.54, 1.807) is 6.20 Å². The first-order valence-electron chi connectivity index (χ1n) is 10.0. The van der Waals surface area contributed by atoms with E-state index in [1.807, 2.05) is 43.9 Å². The Labute approximate surface area is 177 Å². The molecule has 1 fully saturated rings. The molecule has 1 unspecified atom stereocenters. The lowest BCUT2D eigenvalue weighted by Gasteiger charge is -2.41. The molecule has 156 valence electrons. The Kier molecular flexibility index (Phi) is 6.75. The fourth-order valence-electron chi connectivity index (χ4n) is 3.54. The summed E-state index contributed by atoms with van der Waals surface area (Å²) in [7, 11) is 0. The van der Waals surface area contributed by atoms with Gasteiger partial charge in [0.1, 0.15) is 5.60 Å². The summed E-state index contributed by atoms with van der Waals surface area (Å²) in [6, 6.07) is 10.5. The molecule has 1 atom stereocenters. The van der Waals surface area contributed by atoms with Crippen LogP contribution in [0.3, 0.4) is 0 Å². The zero-order chi connectivity index (χ0) is 21.0. The standard InChI is InChI=1S/C22H29ClN4O2/c1-5-18-15-27(21(28)29-22(2,3)4)12-11-26(18)14-16-7-6-8-17(13-16)19-9-10-24-20(23)25-19/h6-10,13,18H,5,11-12,14-15H2,1-4H3. The van der Waals surface area contributed by atoms with Gasteiger partial charge in [0.25, 0.3) is 0 Å². The number of hydrogen-bond donors (Lipinski definition) is 0. The van der Waals surface area contributed by atoms with Gasteiger partial charge in [-0.3, -0.25) is 4.90 Å². The maximum Gasteiger partial charge on any atom is 0.410 e. The molecule has 0 saturated carbocycles. The SMILES string of the molecule is CCC1CN(C(=O)OC(C)(C)C)CCN1Cc1cccc(-c2ccnc(Cl)n2)c1. The Morgan fingerprint density at radius 1 is 1.28 bits per heavy atom. The Morgan fingerprint density at radius 2 is 2.07 bits per heavy atom. The van der Waals surface area contributed by atoms with Gasteiger partial charge in [-0.15, -0.1) is 0 Å². The topological polar surface area (TPSA) is 58.6 Å². The number of carbonyl (C=O) groups is 1.